The second-order valence-corrected chi connectivity index (χ2v) is 9.77. The summed E-state index contributed by atoms with van der Waals surface area (Å²) >= 11 is 3.03. The van der Waals surface area contributed by atoms with E-state index >= 15 is 0 Å². The molecule has 3 aromatic rings. The molecule has 6 nitrogen and oxygen atoms in total. The van der Waals surface area contributed by atoms with E-state index in [2.05, 4.69) is 56.5 Å². The zero-order chi connectivity index (χ0) is 21.6. The zero-order valence-corrected chi connectivity index (χ0v) is 19.5. The minimum atomic E-state index is -0.148. The fourth-order valence-corrected chi connectivity index (χ4v) is 5.37. The van der Waals surface area contributed by atoms with Gasteiger partial charge in [0.15, 0.2) is 11.0 Å². The van der Waals surface area contributed by atoms with Crippen LogP contribution in [-0.2, 0) is 4.79 Å². The van der Waals surface area contributed by atoms with E-state index in [1.54, 1.807) is 17.6 Å². The van der Waals surface area contributed by atoms with Crippen LogP contribution in [0.5, 0.6) is 0 Å². The van der Waals surface area contributed by atoms with E-state index in [1.165, 1.54) is 36.6 Å². The van der Waals surface area contributed by atoms with Gasteiger partial charge in [-0.3, -0.25) is 9.36 Å². The van der Waals surface area contributed by atoms with Crippen LogP contribution in [-0.4, -0.2) is 32.6 Å². The molecule has 2 heterocycles. The lowest BCUT2D eigenvalue weighted by Gasteiger charge is -2.25. The number of thioether (sulfide) groups is 1. The summed E-state index contributed by atoms with van der Waals surface area (Å²) in [7, 11) is 0. The van der Waals surface area contributed by atoms with Gasteiger partial charge in [0.2, 0.25) is 0 Å². The maximum absolute atomic E-state index is 12.3. The van der Waals surface area contributed by atoms with Crippen LogP contribution in [0.25, 0.3) is 11.4 Å². The molecule has 8 heteroatoms. The van der Waals surface area contributed by atoms with Crippen LogP contribution in [0.3, 0.4) is 0 Å². The normalized spacial score (nSPS) is 14.9. The Labute approximate surface area is 191 Å². The number of rotatable bonds is 7. The standard InChI is InChI=1S/C23H27N5OS2/c1-16-8-10-18(11-9-16)22-26-27-23(28(22)19-6-4-3-5-7-19)31-15-21(29)25-24-14-20-17(2)12-13-30-20/h8-14,19H,3-7,15H2,1-2H3,(H,25,29). The van der Waals surface area contributed by atoms with Gasteiger partial charge in [-0.1, -0.05) is 60.9 Å². The Bertz CT molecular complexity index is 1050. The molecule has 0 radical (unpaired) electrons. The molecule has 0 bridgehead atoms. The fraction of sp³-hybridized carbons (Fsp3) is 0.391. The Balaban J connectivity index is 1.47. The molecule has 1 fully saturated rings. The van der Waals surface area contributed by atoms with Crippen LogP contribution in [0.15, 0.2) is 46.0 Å². The van der Waals surface area contributed by atoms with E-state index in [4.69, 9.17) is 0 Å². The first kappa shape index (κ1) is 21.8. The number of hydrogen-bond donors (Lipinski definition) is 1. The minimum absolute atomic E-state index is 0.148. The molecule has 2 aromatic heterocycles. The van der Waals surface area contributed by atoms with Gasteiger partial charge in [-0.15, -0.1) is 21.5 Å². The van der Waals surface area contributed by atoms with Crippen molar-refractivity contribution in [3.8, 4) is 11.4 Å². The number of hydrogen-bond acceptors (Lipinski definition) is 6. The van der Waals surface area contributed by atoms with Crippen LogP contribution in [0.2, 0.25) is 0 Å². The van der Waals surface area contributed by atoms with Gasteiger partial charge in [-0.2, -0.15) is 5.10 Å². The predicted molar refractivity (Wildman–Crippen MR) is 128 cm³/mol. The lowest BCUT2D eigenvalue weighted by atomic mass is 9.95. The van der Waals surface area contributed by atoms with Crippen LogP contribution in [0, 0.1) is 13.8 Å². The van der Waals surface area contributed by atoms with E-state index < -0.39 is 0 Å². The number of nitrogens with zero attached hydrogens (tertiary/aromatic N) is 4. The molecule has 0 unspecified atom stereocenters. The molecular weight excluding hydrogens is 426 g/mol. The van der Waals surface area contributed by atoms with Crippen LogP contribution in [0.1, 0.15) is 54.1 Å². The van der Waals surface area contributed by atoms with Gasteiger partial charge < -0.3 is 0 Å². The first-order chi connectivity index (χ1) is 15.1. The Kier molecular flexibility index (Phi) is 7.19. The van der Waals surface area contributed by atoms with Crippen LogP contribution < -0.4 is 5.43 Å². The largest absolute Gasteiger partial charge is 0.299 e. The van der Waals surface area contributed by atoms with Gasteiger partial charge in [-0.25, -0.2) is 5.43 Å². The summed E-state index contributed by atoms with van der Waals surface area (Å²) in [5.74, 6) is 0.992. The van der Waals surface area contributed by atoms with E-state index in [0.29, 0.717) is 6.04 Å². The van der Waals surface area contributed by atoms with Gasteiger partial charge >= 0.3 is 0 Å². The van der Waals surface area contributed by atoms with Gasteiger partial charge in [0.05, 0.1) is 12.0 Å². The second kappa shape index (κ2) is 10.2. The second-order valence-electron chi connectivity index (χ2n) is 7.88. The van der Waals surface area contributed by atoms with Crippen LogP contribution >= 0.6 is 23.1 Å². The third kappa shape index (κ3) is 5.43. The van der Waals surface area contributed by atoms with Crippen molar-refractivity contribution < 1.29 is 4.79 Å². The number of thiophene rings is 1. The van der Waals surface area contributed by atoms with Crippen molar-refractivity contribution in [2.45, 2.75) is 57.1 Å². The Hall–Kier alpha value is -2.45. The maximum atomic E-state index is 12.3. The van der Waals surface area contributed by atoms with Crippen molar-refractivity contribution in [1.82, 2.24) is 20.2 Å². The molecule has 1 saturated carbocycles. The molecule has 4 rings (SSSR count). The summed E-state index contributed by atoms with van der Waals surface area (Å²) in [5, 5.41) is 15.9. The highest BCUT2D eigenvalue weighted by atomic mass is 32.2. The molecule has 0 saturated heterocycles. The molecule has 1 N–H and O–H groups in total. The summed E-state index contributed by atoms with van der Waals surface area (Å²) in [6, 6.07) is 10.8. The zero-order valence-electron chi connectivity index (χ0n) is 17.9. The lowest BCUT2D eigenvalue weighted by molar-refractivity contribution is -0.118. The Morgan fingerprint density at radius 1 is 1.19 bits per heavy atom. The molecule has 1 aliphatic carbocycles. The highest BCUT2D eigenvalue weighted by Crippen LogP contribution is 2.35. The molecule has 1 amide bonds. The predicted octanol–water partition coefficient (Wildman–Crippen LogP) is 5.37. The number of carbonyl (C=O) groups excluding carboxylic acids is 1. The fourth-order valence-electron chi connectivity index (χ4n) is 3.79. The van der Waals surface area contributed by atoms with E-state index in [-0.39, 0.29) is 11.7 Å². The van der Waals surface area contributed by atoms with Gasteiger partial charge in [0.25, 0.3) is 5.91 Å². The minimum Gasteiger partial charge on any atom is -0.299 e. The lowest BCUT2D eigenvalue weighted by Crippen LogP contribution is -2.20. The topological polar surface area (TPSA) is 72.2 Å². The number of aromatic nitrogens is 3. The van der Waals surface area contributed by atoms with E-state index in [9.17, 15) is 4.79 Å². The molecular formula is C23H27N5OS2. The average Bonchev–Trinajstić information content (AvgIpc) is 3.39. The van der Waals surface area contributed by atoms with Gasteiger partial charge in [0.1, 0.15) is 0 Å². The molecule has 31 heavy (non-hydrogen) atoms. The van der Waals surface area contributed by atoms with Gasteiger partial charge in [0, 0.05) is 16.5 Å². The molecule has 0 atom stereocenters. The first-order valence-corrected chi connectivity index (χ1v) is 12.5. The molecule has 162 valence electrons. The highest BCUT2D eigenvalue weighted by Gasteiger charge is 2.24. The van der Waals surface area contributed by atoms with E-state index in [0.717, 1.165) is 39.8 Å². The summed E-state index contributed by atoms with van der Waals surface area (Å²) < 4.78 is 2.25. The average molecular weight is 454 g/mol. The van der Waals surface area contributed by atoms with Crippen LogP contribution in [0.4, 0.5) is 0 Å². The number of benzene rings is 1. The molecule has 1 aliphatic rings. The SMILES string of the molecule is Cc1ccc(-c2nnc(SCC(=O)NN=Cc3sccc3C)n2C2CCCCC2)cc1. The smallest absolute Gasteiger partial charge is 0.250 e. The number of aryl methyl sites for hydroxylation is 2. The monoisotopic (exact) mass is 453 g/mol. The maximum Gasteiger partial charge on any atom is 0.250 e. The summed E-state index contributed by atoms with van der Waals surface area (Å²) in [5.41, 5.74) is 6.06. The Morgan fingerprint density at radius 3 is 2.68 bits per heavy atom. The van der Waals surface area contributed by atoms with Crippen molar-refractivity contribution in [1.29, 1.82) is 0 Å². The van der Waals surface area contributed by atoms with Crippen molar-refractivity contribution in [3.05, 3.63) is 51.7 Å². The molecule has 0 spiro atoms. The number of hydrazone groups is 1. The molecule has 1 aromatic carbocycles. The van der Waals surface area contributed by atoms with E-state index in [1.807, 2.05) is 18.4 Å². The number of amides is 1. The van der Waals surface area contributed by atoms with Crippen molar-refractivity contribution >= 4 is 35.2 Å². The highest BCUT2D eigenvalue weighted by molar-refractivity contribution is 7.99. The van der Waals surface area contributed by atoms with Crippen molar-refractivity contribution in [2.75, 3.05) is 5.75 Å². The first-order valence-electron chi connectivity index (χ1n) is 10.6. The summed E-state index contributed by atoms with van der Waals surface area (Å²) in [6.45, 7) is 4.11. The quantitative estimate of drug-likeness (QED) is 0.296. The third-order valence-electron chi connectivity index (χ3n) is 5.52. The molecule has 0 aliphatic heterocycles. The number of nitrogens with one attached hydrogen (secondary N) is 1. The van der Waals surface area contributed by atoms with Crippen molar-refractivity contribution in [3.63, 3.8) is 0 Å². The van der Waals surface area contributed by atoms with Crippen molar-refractivity contribution in [2.24, 2.45) is 5.10 Å². The van der Waals surface area contributed by atoms with Gasteiger partial charge in [-0.05, 0) is 43.7 Å². The summed E-state index contributed by atoms with van der Waals surface area (Å²) in [6.07, 6.45) is 7.67. The third-order valence-corrected chi connectivity index (χ3v) is 7.42. The Morgan fingerprint density at radius 2 is 1.97 bits per heavy atom. The summed E-state index contributed by atoms with van der Waals surface area (Å²) in [4.78, 5) is 13.4. The number of carbonyl (C=O) groups is 1.